The molecule has 6 aromatic rings. The fourth-order valence-electron chi connectivity index (χ4n) is 4.97. The fraction of sp³-hybridized carbons (Fsp3) is 0.111. The number of benzene rings is 6. The summed E-state index contributed by atoms with van der Waals surface area (Å²) in [4.78, 5) is -0.570. The zero-order chi connectivity index (χ0) is 36.4. The van der Waals surface area contributed by atoms with Crippen molar-refractivity contribution in [1.29, 1.82) is 0 Å². The van der Waals surface area contributed by atoms with Gasteiger partial charge in [0, 0.05) is 10.8 Å². The van der Waals surface area contributed by atoms with Crippen LogP contribution in [0.2, 0.25) is 0 Å². The number of phenols is 1. The second-order valence-electron chi connectivity index (χ2n) is 11.4. The van der Waals surface area contributed by atoms with Gasteiger partial charge >= 0.3 is 48.9 Å². The van der Waals surface area contributed by atoms with Crippen LogP contribution in [0.1, 0.15) is 22.3 Å². The Kier molecular flexibility index (Phi) is 12.6. The average Bonchev–Trinajstić information content (AvgIpc) is 3.06. The molecule has 0 saturated heterocycles. The van der Waals surface area contributed by atoms with Gasteiger partial charge in [0.15, 0.2) is 0 Å². The van der Waals surface area contributed by atoms with E-state index in [0.29, 0.717) is 32.9 Å². The first kappa shape index (κ1) is 39.8. The maximum Gasteiger partial charge on any atom is 2.00 e. The zero-order valence-corrected chi connectivity index (χ0v) is 34.0. The van der Waals surface area contributed by atoms with Gasteiger partial charge in [0.1, 0.15) is 21.6 Å². The SMILES string of the molecule is Cc1cccc(N=Nc2c(O)ccc3cc(S(=O)(=O)O)ccc23)c1C.Cc1cccc(N=Nc2c([O-])ccc3cc(S(=O)(=O)[O-])ccc23)c1C.[Ba+2]. The molecular formula is C36H30BaN4O8S2. The van der Waals surface area contributed by atoms with Gasteiger partial charge < -0.3 is 14.8 Å². The maximum absolute atomic E-state index is 12.2. The van der Waals surface area contributed by atoms with E-state index in [-0.39, 0.29) is 81.5 Å². The smallest absolute Gasteiger partial charge is 0.871 e. The van der Waals surface area contributed by atoms with E-state index in [4.69, 9.17) is 4.55 Å². The van der Waals surface area contributed by atoms with E-state index in [2.05, 4.69) is 20.5 Å². The molecule has 0 aliphatic heterocycles. The van der Waals surface area contributed by atoms with Gasteiger partial charge in [-0.2, -0.15) is 23.8 Å². The van der Waals surface area contributed by atoms with Crippen molar-refractivity contribution in [3.63, 3.8) is 0 Å². The van der Waals surface area contributed by atoms with Gasteiger partial charge in [-0.15, -0.1) is 5.11 Å². The molecule has 0 amide bonds. The second-order valence-corrected chi connectivity index (χ2v) is 14.2. The normalized spacial score (nSPS) is 11.9. The molecule has 0 unspecified atom stereocenters. The van der Waals surface area contributed by atoms with Crippen molar-refractivity contribution in [3.05, 3.63) is 119 Å². The van der Waals surface area contributed by atoms with E-state index in [1.165, 1.54) is 54.6 Å². The Labute approximate surface area is 335 Å². The molecule has 0 atom stereocenters. The van der Waals surface area contributed by atoms with Gasteiger partial charge in [0.05, 0.1) is 26.9 Å². The third-order valence-electron chi connectivity index (χ3n) is 8.12. The molecule has 0 spiro atoms. The molecule has 0 radical (unpaired) electrons. The monoisotopic (exact) mass is 848 g/mol. The van der Waals surface area contributed by atoms with Crippen molar-refractivity contribution >= 4 is 113 Å². The molecule has 6 aromatic carbocycles. The molecule has 51 heavy (non-hydrogen) atoms. The summed E-state index contributed by atoms with van der Waals surface area (Å²) in [5.41, 5.74) is 5.76. The first-order valence-electron chi connectivity index (χ1n) is 14.9. The van der Waals surface area contributed by atoms with Gasteiger partial charge in [-0.1, -0.05) is 60.3 Å². The molecule has 0 fully saturated rings. The van der Waals surface area contributed by atoms with E-state index < -0.39 is 20.2 Å². The molecule has 15 heteroatoms. The molecule has 0 bridgehead atoms. The Balaban J connectivity index is 0.000000224. The van der Waals surface area contributed by atoms with Crippen molar-refractivity contribution in [1.82, 2.24) is 0 Å². The van der Waals surface area contributed by atoms with Crippen LogP contribution in [0.25, 0.3) is 21.5 Å². The van der Waals surface area contributed by atoms with Crippen molar-refractivity contribution in [2.75, 3.05) is 0 Å². The summed E-state index contributed by atoms with van der Waals surface area (Å²) < 4.78 is 65.2. The molecule has 0 saturated carbocycles. The number of phenolic OH excluding ortho intramolecular Hbond substituents is 1. The van der Waals surface area contributed by atoms with Gasteiger partial charge in [-0.3, -0.25) is 4.55 Å². The van der Waals surface area contributed by atoms with Crippen LogP contribution in [0.3, 0.4) is 0 Å². The van der Waals surface area contributed by atoms with E-state index in [9.17, 15) is 31.6 Å². The van der Waals surface area contributed by atoms with Crippen LogP contribution >= 0.6 is 0 Å². The summed E-state index contributed by atoms with van der Waals surface area (Å²) in [6, 6.07) is 24.8. The minimum atomic E-state index is -4.57. The summed E-state index contributed by atoms with van der Waals surface area (Å²) in [7, 11) is -8.86. The second kappa shape index (κ2) is 16.1. The molecule has 0 aliphatic rings. The minimum Gasteiger partial charge on any atom is -0.871 e. The van der Waals surface area contributed by atoms with Gasteiger partial charge in [-0.25, -0.2) is 8.42 Å². The summed E-state index contributed by atoms with van der Waals surface area (Å²) in [5.74, 6) is -0.402. The molecule has 12 nitrogen and oxygen atoms in total. The Morgan fingerprint density at radius 3 is 1.59 bits per heavy atom. The first-order chi connectivity index (χ1) is 23.5. The van der Waals surface area contributed by atoms with Crippen LogP contribution in [0.15, 0.2) is 127 Å². The number of hydrogen-bond acceptors (Lipinski definition) is 11. The number of aromatic hydroxyl groups is 1. The van der Waals surface area contributed by atoms with E-state index in [1.54, 1.807) is 12.1 Å². The quantitative estimate of drug-likeness (QED) is 0.0946. The third kappa shape index (κ3) is 9.29. The molecular weight excluding hydrogens is 818 g/mol. The summed E-state index contributed by atoms with van der Waals surface area (Å²) in [5, 5.41) is 40.8. The number of aryl methyl sites for hydroxylation is 2. The van der Waals surface area contributed by atoms with Crippen LogP contribution in [0, 0.1) is 27.7 Å². The van der Waals surface area contributed by atoms with Crippen LogP contribution < -0.4 is 5.11 Å². The molecule has 0 aliphatic carbocycles. The first-order valence-corrected chi connectivity index (χ1v) is 17.8. The van der Waals surface area contributed by atoms with Crippen molar-refractivity contribution < 1.29 is 36.2 Å². The van der Waals surface area contributed by atoms with Crippen LogP contribution in [-0.2, 0) is 20.2 Å². The topological polar surface area (TPSA) is 204 Å². The van der Waals surface area contributed by atoms with Crippen molar-refractivity contribution in [3.8, 4) is 11.5 Å². The standard InChI is InChI=1S/2C18H16N2O4S.Ba/c2*1-11-4-3-5-16(12(11)2)19-20-18-15-8-7-14(25(22,23)24)10-13(15)6-9-17(18)21;/h2*3-10,21H,1-2H3,(H,22,23,24);/q;;+2/p-2. The maximum atomic E-state index is 12.2. The Bertz CT molecular complexity index is 2400. The Hall–Kier alpha value is -3.97. The van der Waals surface area contributed by atoms with E-state index in [1.807, 2.05) is 58.0 Å². The average molecular weight is 848 g/mol. The van der Waals surface area contributed by atoms with Crippen LogP contribution in [0.5, 0.6) is 11.5 Å². The molecule has 256 valence electrons. The van der Waals surface area contributed by atoms with Crippen molar-refractivity contribution in [2.45, 2.75) is 37.5 Å². The predicted octanol–water partition coefficient (Wildman–Crippen LogP) is 8.29. The number of fused-ring (bicyclic) bond motifs is 2. The Morgan fingerprint density at radius 2 is 1.06 bits per heavy atom. The number of rotatable bonds is 6. The van der Waals surface area contributed by atoms with Crippen LogP contribution in [0.4, 0.5) is 22.7 Å². The number of nitrogens with zero attached hydrogens (tertiary/aromatic N) is 4. The fourth-order valence-corrected chi connectivity index (χ4v) is 5.99. The third-order valence-corrected chi connectivity index (χ3v) is 9.80. The predicted molar refractivity (Wildman–Crippen MR) is 193 cm³/mol. The molecule has 6 rings (SSSR count). The summed E-state index contributed by atoms with van der Waals surface area (Å²) in [6.07, 6.45) is 0. The minimum absolute atomic E-state index is 0. The number of hydrogen-bond donors (Lipinski definition) is 2. The van der Waals surface area contributed by atoms with Gasteiger partial charge in [-0.05, 0) is 103 Å². The summed E-state index contributed by atoms with van der Waals surface area (Å²) in [6.45, 7) is 7.78. The zero-order valence-electron chi connectivity index (χ0n) is 27.9. The summed E-state index contributed by atoms with van der Waals surface area (Å²) >= 11 is 0. The van der Waals surface area contributed by atoms with Crippen LogP contribution in [-0.4, -0.2) is 79.9 Å². The van der Waals surface area contributed by atoms with E-state index >= 15 is 0 Å². The molecule has 0 heterocycles. The van der Waals surface area contributed by atoms with Gasteiger partial charge in [0.25, 0.3) is 10.1 Å². The van der Waals surface area contributed by atoms with Gasteiger partial charge in [0.2, 0.25) is 0 Å². The largest absolute Gasteiger partial charge is 2.00 e. The Morgan fingerprint density at radius 1 is 0.588 bits per heavy atom. The van der Waals surface area contributed by atoms with Crippen molar-refractivity contribution in [2.24, 2.45) is 20.5 Å². The molecule has 2 N–H and O–H groups in total. The van der Waals surface area contributed by atoms with E-state index in [0.717, 1.165) is 22.3 Å². The molecule has 0 aromatic heterocycles. The number of azo groups is 2.